The zero-order valence-electron chi connectivity index (χ0n) is 22.8. The molecule has 10 nitrogen and oxygen atoms in total. The maximum Gasteiger partial charge on any atom is 0.416 e. The van der Waals surface area contributed by atoms with Crippen LogP contribution in [0.1, 0.15) is 48.7 Å². The second-order valence-electron chi connectivity index (χ2n) is 10.4. The molecular formula is C27H34F3N5O5. The zero-order chi connectivity index (χ0) is 29.7. The summed E-state index contributed by atoms with van der Waals surface area (Å²) >= 11 is 0. The Hall–Kier alpha value is -4.00. The van der Waals surface area contributed by atoms with Gasteiger partial charge in [0.25, 0.3) is 5.91 Å². The number of rotatable bonds is 8. The van der Waals surface area contributed by atoms with Crippen molar-refractivity contribution in [3.05, 3.63) is 53.1 Å². The Labute approximate surface area is 230 Å². The highest BCUT2D eigenvalue weighted by Crippen LogP contribution is 2.32. The monoisotopic (exact) mass is 565 g/mol. The van der Waals surface area contributed by atoms with Gasteiger partial charge < -0.3 is 25.8 Å². The number of benzene rings is 2. The van der Waals surface area contributed by atoms with Crippen LogP contribution in [-0.4, -0.2) is 61.2 Å². The van der Waals surface area contributed by atoms with Crippen molar-refractivity contribution >= 4 is 29.3 Å². The average Bonchev–Trinajstić information content (AvgIpc) is 3.27. The third-order valence-electron chi connectivity index (χ3n) is 5.97. The van der Waals surface area contributed by atoms with Crippen LogP contribution in [0, 0.1) is 0 Å². The number of carbonyl (C=O) groups excluding carboxylic acids is 3. The number of methoxy groups -OCH3 is 1. The van der Waals surface area contributed by atoms with Crippen molar-refractivity contribution in [2.45, 2.75) is 51.6 Å². The molecule has 0 saturated carbocycles. The fourth-order valence-corrected chi connectivity index (χ4v) is 4.20. The predicted molar refractivity (Wildman–Crippen MR) is 143 cm³/mol. The second kappa shape index (κ2) is 12.5. The fourth-order valence-electron chi connectivity index (χ4n) is 4.20. The van der Waals surface area contributed by atoms with Crippen molar-refractivity contribution < 1.29 is 37.0 Å². The van der Waals surface area contributed by atoms with E-state index in [0.29, 0.717) is 37.0 Å². The summed E-state index contributed by atoms with van der Waals surface area (Å²) in [6.07, 6.45) is -4.98. The van der Waals surface area contributed by atoms with Gasteiger partial charge in [-0.2, -0.15) is 13.2 Å². The number of nitrogens with two attached hydrogens (primary N) is 1. The summed E-state index contributed by atoms with van der Waals surface area (Å²) in [5.74, 6) is -0.866. The first-order valence-corrected chi connectivity index (χ1v) is 12.6. The highest BCUT2D eigenvalue weighted by Gasteiger charge is 2.32. The standard InChI is InChI=1S/C27H34F3N5O5/c1-26(2,3)40-25(38)34-21-7-6-17(27(28,29)30)12-19(21)24(37)32-13-23(36)33-18-9-10-35(15-18)14-16-5-8-22(39-4)20(31)11-16/h5-8,11-12,18H,9-10,13-15,31H2,1-4H3,(H,32,37)(H,33,36)(H,34,38). The Kier molecular flexibility index (Phi) is 9.51. The van der Waals surface area contributed by atoms with Gasteiger partial charge in [-0.15, -0.1) is 0 Å². The summed E-state index contributed by atoms with van der Waals surface area (Å²) < 4.78 is 50.2. The molecule has 3 amide bonds. The summed E-state index contributed by atoms with van der Waals surface area (Å²) in [6.45, 7) is 6.31. The Morgan fingerprint density at radius 3 is 2.45 bits per heavy atom. The van der Waals surface area contributed by atoms with Crippen LogP contribution in [-0.2, 0) is 22.3 Å². The van der Waals surface area contributed by atoms with Crippen LogP contribution in [0.2, 0.25) is 0 Å². The number of alkyl halides is 3. The molecule has 1 aliphatic rings. The number of likely N-dealkylation sites (tertiary alicyclic amines) is 1. The fraction of sp³-hybridized carbons (Fsp3) is 0.444. The first-order valence-electron chi connectivity index (χ1n) is 12.6. The number of nitrogens with zero attached hydrogens (tertiary/aromatic N) is 1. The molecule has 0 aromatic heterocycles. The zero-order valence-corrected chi connectivity index (χ0v) is 22.8. The van der Waals surface area contributed by atoms with E-state index in [1.54, 1.807) is 33.9 Å². The van der Waals surface area contributed by atoms with Crippen LogP contribution in [0.5, 0.6) is 5.75 Å². The van der Waals surface area contributed by atoms with Crippen molar-refractivity contribution in [1.82, 2.24) is 15.5 Å². The lowest BCUT2D eigenvalue weighted by molar-refractivity contribution is -0.137. The molecule has 1 saturated heterocycles. The van der Waals surface area contributed by atoms with Crippen molar-refractivity contribution in [3.8, 4) is 5.75 Å². The molecule has 1 unspecified atom stereocenters. The molecule has 3 rings (SSSR count). The lowest BCUT2D eigenvalue weighted by atomic mass is 10.1. The Balaban J connectivity index is 1.57. The molecule has 0 bridgehead atoms. The number of hydrogen-bond donors (Lipinski definition) is 4. The number of nitrogen functional groups attached to an aromatic ring is 1. The Bertz CT molecular complexity index is 1250. The average molecular weight is 566 g/mol. The van der Waals surface area contributed by atoms with E-state index in [1.165, 1.54) is 0 Å². The van der Waals surface area contributed by atoms with Crippen LogP contribution in [0.3, 0.4) is 0 Å². The third-order valence-corrected chi connectivity index (χ3v) is 5.97. The molecule has 1 atom stereocenters. The molecule has 13 heteroatoms. The summed E-state index contributed by atoms with van der Waals surface area (Å²) in [4.78, 5) is 39.6. The van der Waals surface area contributed by atoms with Gasteiger partial charge in [-0.3, -0.25) is 19.8 Å². The minimum atomic E-state index is -4.72. The van der Waals surface area contributed by atoms with Gasteiger partial charge >= 0.3 is 12.3 Å². The van der Waals surface area contributed by atoms with Gasteiger partial charge in [0.05, 0.1) is 36.2 Å². The minimum Gasteiger partial charge on any atom is -0.495 e. The molecule has 2 aromatic rings. The number of ether oxygens (including phenoxy) is 2. The summed E-state index contributed by atoms with van der Waals surface area (Å²) in [6, 6.07) is 7.68. The molecule has 0 aliphatic carbocycles. The van der Waals surface area contributed by atoms with E-state index < -0.39 is 47.4 Å². The second-order valence-corrected chi connectivity index (χ2v) is 10.4. The van der Waals surface area contributed by atoms with Crippen LogP contribution in [0.25, 0.3) is 0 Å². The Morgan fingerprint density at radius 2 is 1.82 bits per heavy atom. The van der Waals surface area contributed by atoms with Gasteiger partial charge in [0.1, 0.15) is 11.4 Å². The topological polar surface area (TPSA) is 135 Å². The largest absolute Gasteiger partial charge is 0.495 e. The first kappa shape index (κ1) is 30.5. The maximum atomic E-state index is 13.3. The van der Waals surface area contributed by atoms with Crippen molar-refractivity contribution in [3.63, 3.8) is 0 Å². The van der Waals surface area contributed by atoms with Crippen molar-refractivity contribution in [1.29, 1.82) is 0 Å². The number of anilines is 2. The SMILES string of the molecule is COc1ccc(CN2CCC(NC(=O)CNC(=O)c3cc(C(F)(F)F)ccc3NC(=O)OC(C)(C)C)C2)cc1N. The van der Waals surface area contributed by atoms with E-state index in [4.69, 9.17) is 15.2 Å². The first-order chi connectivity index (χ1) is 18.6. The van der Waals surface area contributed by atoms with Crippen molar-refractivity contribution in [2.24, 2.45) is 0 Å². The van der Waals surface area contributed by atoms with E-state index in [1.807, 2.05) is 12.1 Å². The van der Waals surface area contributed by atoms with E-state index in [9.17, 15) is 27.6 Å². The smallest absolute Gasteiger partial charge is 0.416 e. The highest BCUT2D eigenvalue weighted by atomic mass is 19.4. The number of amides is 3. The molecular weight excluding hydrogens is 531 g/mol. The summed E-state index contributed by atoms with van der Waals surface area (Å²) in [5, 5.41) is 7.46. The van der Waals surface area contributed by atoms with Crippen molar-refractivity contribution in [2.75, 3.05) is 37.8 Å². The number of nitrogens with one attached hydrogen (secondary N) is 3. The van der Waals surface area contributed by atoms with Crippen LogP contribution in [0.15, 0.2) is 36.4 Å². The maximum absolute atomic E-state index is 13.3. The molecule has 218 valence electrons. The predicted octanol–water partition coefficient (Wildman–Crippen LogP) is 3.76. The van der Waals surface area contributed by atoms with Gasteiger partial charge in [0, 0.05) is 25.7 Å². The van der Waals surface area contributed by atoms with E-state index in [0.717, 1.165) is 24.2 Å². The lowest BCUT2D eigenvalue weighted by Gasteiger charge is -2.21. The van der Waals surface area contributed by atoms with Gasteiger partial charge in [-0.25, -0.2) is 4.79 Å². The molecule has 0 spiro atoms. The minimum absolute atomic E-state index is 0.169. The van der Waals surface area contributed by atoms with Gasteiger partial charge in [0.2, 0.25) is 5.91 Å². The molecule has 1 aliphatic heterocycles. The Morgan fingerprint density at radius 1 is 1.10 bits per heavy atom. The normalized spacial score (nSPS) is 15.8. The molecule has 0 radical (unpaired) electrons. The summed E-state index contributed by atoms with van der Waals surface area (Å²) in [5.41, 5.74) is 4.90. The van der Waals surface area contributed by atoms with Gasteiger partial charge in [-0.1, -0.05) is 6.07 Å². The van der Waals surface area contributed by atoms with Gasteiger partial charge in [-0.05, 0) is 63.1 Å². The number of carbonyl (C=O) groups is 3. The molecule has 2 aromatic carbocycles. The molecule has 1 fully saturated rings. The van der Waals surface area contributed by atoms with E-state index >= 15 is 0 Å². The molecule has 5 N–H and O–H groups in total. The van der Waals surface area contributed by atoms with E-state index in [2.05, 4.69) is 20.9 Å². The highest BCUT2D eigenvalue weighted by molar-refractivity contribution is 6.04. The van der Waals surface area contributed by atoms with Crippen LogP contribution < -0.4 is 26.4 Å². The van der Waals surface area contributed by atoms with Gasteiger partial charge in [0.15, 0.2) is 0 Å². The number of hydrogen-bond acceptors (Lipinski definition) is 7. The quantitative estimate of drug-likeness (QED) is 0.358. The lowest BCUT2D eigenvalue weighted by Crippen LogP contribution is -2.43. The number of halogens is 3. The summed E-state index contributed by atoms with van der Waals surface area (Å²) in [7, 11) is 1.54. The molecule has 1 heterocycles. The third kappa shape index (κ3) is 8.76. The van der Waals surface area contributed by atoms with E-state index in [-0.39, 0.29) is 11.7 Å². The van der Waals surface area contributed by atoms with Crippen LogP contribution >= 0.6 is 0 Å². The molecule has 40 heavy (non-hydrogen) atoms. The van der Waals surface area contributed by atoms with Crippen LogP contribution in [0.4, 0.5) is 29.3 Å².